The first kappa shape index (κ1) is 20.7. The van der Waals surface area contributed by atoms with Crippen molar-refractivity contribution in [1.29, 1.82) is 0 Å². The number of ketones is 1. The van der Waals surface area contributed by atoms with E-state index in [0.717, 1.165) is 41.0 Å². The normalized spacial score (nSPS) is 13.9. The Morgan fingerprint density at radius 3 is 2.38 bits per heavy atom. The maximum atomic E-state index is 12.3. The molecule has 0 unspecified atom stereocenters. The van der Waals surface area contributed by atoms with Crippen molar-refractivity contribution in [2.45, 2.75) is 71.5 Å². The molecule has 0 spiro atoms. The molecule has 0 aliphatic carbocycles. The summed E-state index contributed by atoms with van der Waals surface area (Å²) >= 11 is 0. The van der Waals surface area contributed by atoms with Crippen LogP contribution in [0.4, 0.5) is 0 Å². The molecule has 1 aromatic carbocycles. The summed E-state index contributed by atoms with van der Waals surface area (Å²) < 4.78 is 34.4. The number of rotatable bonds is 8. The molecule has 6 heteroatoms. The van der Waals surface area contributed by atoms with E-state index in [-0.39, 0.29) is 18.3 Å². The summed E-state index contributed by atoms with van der Waals surface area (Å²) in [5.74, 6) is 1.88. The lowest BCUT2D eigenvalue weighted by molar-refractivity contribution is -0.118. The Bertz CT molecular complexity index is 772. The molecule has 0 amide bonds. The van der Waals surface area contributed by atoms with Gasteiger partial charge >= 0.3 is 0 Å². The van der Waals surface area contributed by atoms with Crippen LogP contribution in [0.5, 0.6) is 11.5 Å². The highest BCUT2D eigenvalue weighted by Gasteiger charge is 2.28. The smallest absolute Gasteiger partial charge is 0.231 e. The van der Waals surface area contributed by atoms with E-state index >= 15 is 0 Å². The first-order chi connectivity index (χ1) is 12.0. The predicted octanol–water partition coefficient (Wildman–Crippen LogP) is 3.92. The van der Waals surface area contributed by atoms with Gasteiger partial charge in [0, 0.05) is 12.8 Å². The highest BCUT2D eigenvalue weighted by molar-refractivity contribution is 7.92. The minimum Gasteiger partial charge on any atom is -0.453 e. The van der Waals surface area contributed by atoms with Gasteiger partial charge in [-0.05, 0) is 64.2 Å². The third kappa shape index (κ3) is 4.78. The summed E-state index contributed by atoms with van der Waals surface area (Å²) in [6, 6.07) is 2.00. The average molecular weight is 383 g/mol. The minimum atomic E-state index is -3.07. The van der Waals surface area contributed by atoms with Gasteiger partial charge in [0.05, 0.1) is 10.5 Å². The molecule has 0 saturated heterocycles. The Hall–Kier alpha value is -1.56. The molecule has 2 rings (SSSR count). The van der Waals surface area contributed by atoms with Crippen molar-refractivity contribution in [1.82, 2.24) is 0 Å². The van der Waals surface area contributed by atoms with Crippen LogP contribution >= 0.6 is 0 Å². The van der Waals surface area contributed by atoms with Gasteiger partial charge in [-0.25, -0.2) is 8.42 Å². The molecule has 1 aliphatic rings. The third-order valence-electron chi connectivity index (χ3n) is 4.87. The van der Waals surface area contributed by atoms with E-state index < -0.39 is 14.6 Å². The van der Waals surface area contributed by atoms with E-state index in [0.29, 0.717) is 19.3 Å². The zero-order valence-corrected chi connectivity index (χ0v) is 17.3. The largest absolute Gasteiger partial charge is 0.453 e. The highest BCUT2D eigenvalue weighted by atomic mass is 32.2. The molecular weight excluding hydrogens is 352 g/mol. The van der Waals surface area contributed by atoms with Crippen molar-refractivity contribution in [3.63, 3.8) is 0 Å². The summed E-state index contributed by atoms with van der Waals surface area (Å²) in [6.07, 6.45) is 2.93. The standard InChI is InChI=1S/C20H30O5S/c1-14-11-16(15(2)19-18(14)24-13-25-19)12-17(21)9-7-6-8-10-26(22,23)20(3,4)5/h11H,6-10,12-13H2,1-5H3. The Kier molecular flexibility index (Phi) is 6.37. The molecule has 0 N–H and O–H groups in total. The molecule has 1 aromatic rings. The van der Waals surface area contributed by atoms with Gasteiger partial charge < -0.3 is 9.47 Å². The Balaban J connectivity index is 1.81. The first-order valence-corrected chi connectivity index (χ1v) is 10.8. The van der Waals surface area contributed by atoms with E-state index in [1.54, 1.807) is 20.8 Å². The van der Waals surface area contributed by atoms with Crippen LogP contribution in [0.15, 0.2) is 6.07 Å². The van der Waals surface area contributed by atoms with E-state index in [1.165, 1.54) is 0 Å². The zero-order chi connectivity index (χ0) is 19.5. The van der Waals surface area contributed by atoms with Crippen LogP contribution < -0.4 is 9.47 Å². The minimum absolute atomic E-state index is 0.171. The molecule has 0 bridgehead atoms. The summed E-state index contributed by atoms with van der Waals surface area (Å²) in [6.45, 7) is 9.31. The van der Waals surface area contributed by atoms with Crippen molar-refractivity contribution in [2.75, 3.05) is 12.5 Å². The number of Topliss-reactive ketones (excluding diaryl/α,β-unsaturated/α-hetero) is 1. The van der Waals surface area contributed by atoms with Gasteiger partial charge in [0.1, 0.15) is 5.78 Å². The number of ether oxygens (including phenoxy) is 2. The van der Waals surface area contributed by atoms with E-state index in [4.69, 9.17) is 9.47 Å². The quantitative estimate of drug-likeness (QED) is 0.638. The molecule has 0 radical (unpaired) electrons. The lowest BCUT2D eigenvalue weighted by atomic mass is 9.97. The number of carbonyl (C=O) groups excluding carboxylic acids is 1. The maximum absolute atomic E-state index is 12.3. The monoisotopic (exact) mass is 382 g/mol. The second-order valence-corrected chi connectivity index (χ2v) is 10.9. The van der Waals surface area contributed by atoms with Crippen molar-refractivity contribution >= 4 is 15.6 Å². The SMILES string of the molecule is Cc1cc(CC(=O)CCCCCS(=O)(=O)C(C)(C)C)c(C)c2c1OCO2. The number of hydrogen-bond acceptors (Lipinski definition) is 5. The molecule has 1 aliphatic heterocycles. The summed E-state index contributed by atoms with van der Waals surface area (Å²) in [5, 5.41) is 0. The maximum Gasteiger partial charge on any atom is 0.231 e. The van der Waals surface area contributed by atoms with Crippen LogP contribution in [0.3, 0.4) is 0 Å². The molecule has 0 aromatic heterocycles. The Labute approximate surface area is 157 Å². The van der Waals surface area contributed by atoms with Gasteiger partial charge in [0.15, 0.2) is 21.3 Å². The molecule has 146 valence electrons. The van der Waals surface area contributed by atoms with Crippen LogP contribution in [-0.2, 0) is 21.1 Å². The van der Waals surface area contributed by atoms with Crippen LogP contribution in [0.1, 0.15) is 63.1 Å². The third-order valence-corrected chi connectivity index (χ3v) is 7.57. The molecule has 0 saturated carbocycles. The number of carbonyl (C=O) groups is 1. The number of sulfone groups is 1. The summed E-state index contributed by atoms with van der Waals surface area (Å²) in [4.78, 5) is 12.3. The van der Waals surface area contributed by atoms with Crippen molar-refractivity contribution < 1.29 is 22.7 Å². The molecule has 26 heavy (non-hydrogen) atoms. The van der Waals surface area contributed by atoms with Crippen molar-refractivity contribution in [2.24, 2.45) is 0 Å². The summed E-state index contributed by atoms with van der Waals surface area (Å²) in [7, 11) is -3.07. The van der Waals surface area contributed by atoms with Crippen molar-refractivity contribution in [3.05, 3.63) is 22.8 Å². The van der Waals surface area contributed by atoms with Crippen LogP contribution in [0.2, 0.25) is 0 Å². The van der Waals surface area contributed by atoms with Gasteiger partial charge in [0.2, 0.25) is 6.79 Å². The second kappa shape index (κ2) is 7.99. The van der Waals surface area contributed by atoms with Gasteiger partial charge in [0.25, 0.3) is 0 Å². The highest BCUT2D eigenvalue weighted by Crippen LogP contribution is 2.40. The molecular formula is C20H30O5S. The van der Waals surface area contributed by atoms with Gasteiger partial charge in [-0.3, -0.25) is 4.79 Å². The van der Waals surface area contributed by atoms with Gasteiger partial charge in [-0.15, -0.1) is 0 Å². The Morgan fingerprint density at radius 1 is 1.08 bits per heavy atom. The Morgan fingerprint density at radius 2 is 1.73 bits per heavy atom. The van der Waals surface area contributed by atoms with Crippen LogP contribution in [-0.4, -0.2) is 31.5 Å². The fourth-order valence-electron chi connectivity index (χ4n) is 3.01. The number of aryl methyl sites for hydroxylation is 1. The van der Waals surface area contributed by atoms with Crippen LogP contribution in [0, 0.1) is 13.8 Å². The van der Waals surface area contributed by atoms with E-state index in [2.05, 4.69) is 0 Å². The number of fused-ring (bicyclic) bond motifs is 1. The zero-order valence-electron chi connectivity index (χ0n) is 16.5. The number of unbranched alkanes of at least 4 members (excludes halogenated alkanes) is 2. The fourth-order valence-corrected chi connectivity index (χ4v) is 4.21. The second-order valence-electron chi connectivity index (χ2n) is 8.00. The average Bonchev–Trinajstić information content (AvgIpc) is 3.01. The van der Waals surface area contributed by atoms with Crippen LogP contribution in [0.25, 0.3) is 0 Å². The lowest BCUT2D eigenvalue weighted by Crippen LogP contribution is -2.30. The van der Waals surface area contributed by atoms with Crippen molar-refractivity contribution in [3.8, 4) is 11.5 Å². The number of benzene rings is 1. The van der Waals surface area contributed by atoms with E-state index in [1.807, 2.05) is 19.9 Å². The molecule has 0 atom stereocenters. The first-order valence-electron chi connectivity index (χ1n) is 9.15. The molecule has 5 nitrogen and oxygen atoms in total. The van der Waals surface area contributed by atoms with Gasteiger partial charge in [-0.2, -0.15) is 0 Å². The molecule has 0 fully saturated rings. The topological polar surface area (TPSA) is 69.7 Å². The summed E-state index contributed by atoms with van der Waals surface area (Å²) in [5.41, 5.74) is 2.93. The predicted molar refractivity (Wildman–Crippen MR) is 103 cm³/mol. The lowest BCUT2D eigenvalue weighted by Gasteiger charge is -2.18. The van der Waals surface area contributed by atoms with Gasteiger partial charge in [-0.1, -0.05) is 12.5 Å². The molecule has 1 heterocycles. The number of hydrogen-bond donors (Lipinski definition) is 0. The van der Waals surface area contributed by atoms with E-state index in [9.17, 15) is 13.2 Å². The fraction of sp³-hybridized carbons (Fsp3) is 0.650.